The van der Waals surface area contributed by atoms with Gasteiger partial charge in [-0.1, -0.05) is 0 Å². The van der Waals surface area contributed by atoms with E-state index in [0.717, 1.165) is 5.75 Å². The van der Waals surface area contributed by atoms with Gasteiger partial charge >= 0.3 is 0 Å². The molecule has 1 heterocycles. The van der Waals surface area contributed by atoms with Gasteiger partial charge in [-0.3, -0.25) is 14.5 Å². The molecule has 1 N–H and O–H groups in total. The molecule has 1 saturated heterocycles. The number of rotatable bonds is 10. The number of amides is 2. The fourth-order valence-corrected chi connectivity index (χ4v) is 5.37. The maximum atomic E-state index is 13.2. The predicted molar refractivity (Wildman–Crippen MR) is 159 cm³/mol. The maximum absolute atomic E-state index is 13.2. The monoisotopic (exact) mass is 627 g/mol. The van der Waals surface area contributed by atoms with Crippen molar-refractivity contribution >= 4 is 62.1 Å². The minimum Gasteiger partial charge on any atom is -0.497 e. The van der Waals surface area contributed by atoms with Crippen LogP contribution in [0.2, 0.25) is 0 Å². The van der Waals surface area contributed by atoms with E-state index in [0.29, 0.717) is 56.1 Å². The number of halogens is 2. The molecule has 0 atom stereocenters. The summed E-state index contributed by atoms with van der Waals surface area (Å²) in [5.74, 6) is 0.531. The molecule has 3 aromatic rings. The van der Waals surface area contributed by atoms with E-state index in [1.165, 1.54) is 36.0 Å². The fourth-order valence-electron chi connectivity index (χ4n) is 3.73. The van der Waals surface area contributed by atoms with E-state index in [1.54, 1.807) is 30.2 Å². The minimum atomic E-state index is -0.413. The molecule has 1 aliphatic heterocycles. The number of amidine groups is 1. The van der Waals surface area contributed by atoms with Crippen molar-refractivity contribution in [3.63, 3.8) is 0 Å². The van der Waals surface area contributed by atoms with Crippen LogP contribution >= 0.6 is 27.7 Å². The van der Waals surface area contributed by atoms with Crippen LogP contribution in [-0.2, 0) is 9.59 Å². The van der Waals surface area contributed by atoms with E-state index in [4.69, 9.17) is 14.2 Å². The molecule has 0 spiro atoms. The molecule has 0 aliphatic carbocycles. The summed E-state index contributed by atoms with van der Waals surface area (Å²) in [5.41, 5.74) is 1.87. The van der Waals surface area contributed by atoms with Gasteiger partial charge in [-0.25, -0.2) is 9.38 Å². The molecule has 3 aromatic carbocycles. The number of anilines is 1. The quantitative estimate of drug-likeness (QED) is 0.254. The largest absolute Gasteiger partial charge is 0.497 e. The van der Waals surface area contributed by atoms with Crippen molar-refractivity contribution in [1.82, 2.24) is 4.90 Å². The van der Waals surface area contributed by atoms with Crippen molar-refractivity contribution in [2.45, 2.75) is 13.8 Å². The number of ether oxygens (including phenoxy) is 3. The lowest BCUT2D eigenvalue weighted by molar-refractivity contribution is -0.122. The lowest BCUT2D eigenvalue weighted by Gasteiger charge is -2.15. The number of benzene rings is 3. The van der Waals surface area contributed by atoms with Gasteiger partial charge in [-0.15, -0.1) is 0 Å². The van der Waals surface area contributed by atoms with Crippen molar-refractivity contribution < 1.29 is 28.2 Å². The molecule has 4 rings (SSSR count). The van der Waals surface area contributed by atoms with Crippen LogP contribution in [0.15, 0.2) is 75.0 Å². The molecule has 208 valence electrons. The molecule has 0 bridgehead atoms. The number of carbonyl (C=O) groups excluding carboxylic acids is 2. The van der Waals surface area contributed by atoms with Gasteiger partial charge in [0.05, 0.1) is 28.8 Å². The fraction of sp³-hybridized carbons (Fsp3) is 0.207. The van der Waals surface area contributed by atoms with Gasteiger partial charge in [0, 0.05) is 12.2 Å². The topological polar surface area (TPSA) is 89.5 Å². The number of carbonyl (C=O) groups is 2. The predicted octanol–water partition coefficient (Wildman–Crippen LogP) is 6.64. The number of thioether (sulfide) groups is 1. The molecule has 1 aliphatic rings. The van der Waals surface area contributed by atoms with Crippen molar-refractivity contribution in [3.8, 4) is 17.2 Å². The molecular formula is C29H27BrFN3O5S. The highest BCUT2D eigenvalue weighted by Gasteiger charge is 2.32. The van der Waals surface area contributed by atoms with E-state index in [-0.39, 0.29) is 12.5 Å². The standard InChI is InChI=1S/C29H27BrFN3O5S/c1-4-34-28(36)25(40-29(34)33-21-10-12-22(37-3)13-11-21)16-18-14-23(30)27(24(15-18)38-5-2)39-17-26(35)32-20-8-6-19(31)7-9-20/h6-16H,4-5,17H2,1-3H3,(H,32,35)/b25-16+,33-29?. The molecule has 40 heavy (non-hydrogen) atoms. The maximum Gasteiger partial charge on any atom is 0.266 e. The minimum absolute atomic E-state index is 0.147. The molecule has 2 amide bonds. The summed E-state index contributed by atoms with van der Waals surface area (Å²) in [6.07, 6.45) is 1.77. The Morgan fingerprint density at radius 3 is 2.48 bits per heavy atom. The van der Waals surface area contributed by atoms with Crippen molar-refractivity contribution in [2.75, 3.05) is 32.2 Å². The van der Waals surface area contributed by atoms with Gasteiger partial charge in [0.15, 0.2) is 23.3 Å². The normalized spacial score (nSPS) is 15.0. The highest BCUT2D eigenvalue weighted by molar-refractivity contribution is 9.10. The zero-order valence-electron chi connectivity index (χ0n) is 22.1. The van der Waals surface area contributed by atoms with Gasteiger partial charge in [0.25, 0.3) is 11.8 Å². The Balaban J connectivity index is 1.53. The van der Waals surface area contributed by atoms with Gasteiger partial charge in [0.1, 0.15) is 11.6 Å². The second-order valence-electron chi connectivity index (χ2n) is 8.36. The average molecular weight is 629 g/mol. The van der Waals surface area contributed by atoms with Crippen molar-refractivity contribution in [3.05, 3.63) is 81.4 Å². The van der Waals surface area contributed by atoms with Crippen LogP contribution < -0.4 is 19.5 Å². The first-order valence-corrected chi connectivity index (χ1v) is 14.0. The molecule has 1 fully saturated rings. The number of hydrogen-bond donors (Lipinski definition) is 1. The van der Waals surface area contributed by atoms with Gasteiger partial charge < -0.3 is 19.5 Å². The number of nitrogens with one attached hydrogen (secondary N) is 1. The summed E-state index contributed by atoms with van der Waals surface area (Å²) in [7, 11) is 1.60. The van der Waals surface area contributed by atoms with Crippen LogP contribution in [0.5, 0.6) is 17.2 Å². The number of likely N-dealkylation sites (N-methyl/N-ethyl adjacent to an activating group) is 1. The van der Waals surface area contributed by atoms with E-state index < -0.39 is 11.7 Å². The second kappa shape index (κ2) is 13.5. The van der Waals surface area contributed by atoms with Crippen molar-refractivity contribution in [2.24, 2.45) is 4.99 Å². The number of methoxy groups -OCH3 is 1. The van der Waals surface area contributed by atoms with Crippen LogP contribution in [-0.4, -0.2) is 48.8 Å². The Kier molecular flexibility index (Phi) is 9.84. The third-order valence-electron chi connectivity index (χ3n) is 5.61. The molecule has 8 nitrogen and oxygen atoms in total. The van der Waals surface area contributed by atoms with Crippen LogP contribution in [0.25, 0.3) is 6.08 Å². The Hall–Kier alpha value is -3.83. The molecule has 0 saturated carbocycles. The summed E-state index contributed by atoms with van der Waals surface area (Å²) in [6, 6.07) is 16.3. The average Bonchev–Trinajstić information content (AvgIpc) is 3.23. The van der Waals surface area contributed by atoms with Crippen LogP contribution in [0.3, 0.4) is 0 Å². The Bertz CT molecular complexity index is 1450. The molecule has 0 aromatic heterocycles. The zero-order chi connectivity index (χ0) is 28.6. The Labute approximate surface area is 244 Å². The van der Waals surface area contributed by atoms with Crippen molar-refractivity contribution in [1.29, 1.82) is 0 Å². The van der Waals surface area contributed by atoms with E-state index in [9.17, 15) is 14.0 Å². The lowest BCUT2D eigenvalue weighted by atomic mass is 10.2. The van der Waals surface area contributed by atoms with Crippen LogP contribution in [0, 0.1) is 5.82 Å². The Morgan fingerprint density at radius 1 is 1.10 bits per heavy atom. The summed E-state index contributed by atoms with van der Waals surface area (Å²) < 4.78 is 30.4. The van der Waals surface area contributed by atoms with E-state index >= 15 is 0 Å². The summed E-state index contributed by atoms with van der Waals surface area (Å²) in [6.45, 7) is 4.27. The van der Waals surface area contributed by atoms with E-state index in [2.05, 4.69) is 26.2 Å². The SMILES string of the molecule is CCOc1cc(/C=C2/SC(=Nc3ccc(OC)cc3)N(CC)C2=O)cc(Br)c1OCC(=O)Nc1ccc(F)cc1. The molecule has 0 unspecified atom stereocenters. The first-order valence-electron chi connectivity index (χ1n) is 12.4. The van der Waals surface area contributed by atoms with E-state index in [1.807, 2.05) is 38.1 Å². The first-order chi connectivity index (χ1) is 19.3. The van der Waals surface area contributed by atoms with Gasteiger partial charge in [-0.2, -0.15) is 0 Å². The van der Waals surface area contributed by atoms with Gasteiger partial charge in [0.2, 0.25) is 0 Å². The highest BCUT2D eigenvalue weighted by Crippen LogP contribution is 2.40. The number of hydrogen-bond acceptors (Lipinski definition) is 7. The second-order valence-corrected chi connectivity index (χ2v) is 10.2. The summed E-state index contributed by atoms with van der Waals surface area (Å²) >= 11 is 4.80. The molecular weight excluding hydrogens is 601 g/mol. The third kappa shape index (κ3) is 7.22. The number of nitrogens with zero attached hydrogens (tertiary/aromatic N) is 2. The van der Waals surface area contributed by atoms with Crippen LogP contribution in [0.4, 0.5) is 15.8 Å². The highest BCUT2D eigenvalue weighted by atomic mass is 79.9. The summed E-state index contributed by atoms with van der Waals surface area (Å²) in [4.78, 5) is 32.3. The lowest BCUT2D eigenvalue weighted by Crippen LogP contribution is -2.28. The van der Waals surface area contributed by atoms with Gasteiger partial charge in [-0.05, 0) is 114 Å². The number of aliphatic imine (C=N–C) groups is 1. The smallest absolute Gasteiger partial charge is 0.266 e. The van der Waals surface area contributed by atoms with Crippen LogP contribution in [0.1, 0.15) is 19.4 Å². The first kappa shape index (κ1) is 29.2. The molecule has 11 heteroatoms. The Morgan fingerprint density at radius 2 is 1.82 bits per heavy atom. The third-order valence-corrected chi connectivity index (χ3v) is 7.20. The zero-order valence-corrected chi connectivity index (χ0v) is 24.5. The summed E-state index contributed by atoms with van der Waals surface area (Å²) in [5, 5.41) is 3.24. The molecule has 0 radical (unpaired) electrons.